The van der Waals surface area contributed by atoms with Gasteiger partial charge in [0.2, 0.25) is 15.9 Å². The monoisotopic (exact) mass is 548 g/mol. The number of carbonyl (C=O) groups is 2. The summed E-state index contributed by atoms with van der Waals surface area (Å²) in [7, 11) is -3.63. The minimum atomic E-state index is -3.63. The number of nitrogens with one attached hydrogen (secondary N) is 2. The summed E-state index contributed by atoms with van der Waals surface area (Å²) in [6.07, 6.45) is 1.53. The molecule has 0 saturated heterocycles. The highest BCUT2D eigenvalue weighted by atomic mass is 32.2. The van der Waals surface area contributed by atoms with Gasteiger partial charge in [-0.1, -0.05) is 51.1 Å². The number of anilines is 1. The van der Waals surface area contributed by atoms with Crippen LogP contribution in [0.2, 0.25) is 0 Å². The van der Waals surface area contributed by atoms with E-state index in [9.17, 15) is 22.4 Å². The van der Waals surface area contributed by atoms with E-state index >= 15 is 0 Å². The molecule has 0 radical (unpaired) electrons. The van der Waals surface area contributed by atoms with Crippen LogP contribution in [0.3, 0.4) is 0 Å². The van der Waals surface area contributed by atoms with E-state index in [1.807, 2.05) is 0 Å². The van der Waals surface area contributed by atoms with Crippen LogP contribution in [0.1, 0.15) is 71.1 Å². The Kier molecular flexibility index (Phi) is 10.1. The third-order valence-electron chi connectivity index (χ3n) is 6.15. The number of halogens is 1. The average Bonchev–Trinajstić information content (AvgIpc) is 2.79. The number of hydrogen-bond acceptors (Lipinski definition) is 5. The largest absolute Gasteiger partial charge is 0.465 e. The topological polar surface area (TPSA) is 102 Å². The molecule has 0 saturated carbocycles. The molecule has 0 aromatic heterocycles. The number of amides is 1. The molecule has 0 fully saturated rings. The van der Waals surface area contributed by atoms with Crippen molar-refractivity contribution in [3.63, 3.8) is 0 Å². The Morgan fingerprint density at radius 3 is 2.11 bits per heavy atom. The summed E-state index contributed by atoms with van der Waals surface area (Å²) >= 11 is 0. The van der Waals surface area contributed by atoms with Crippen molar-refractivity contribution in [2.45, 2.75) is 66.2 Å². The lowest BCUT2D eigenvalue weighted by Crippen LogP contribution is -2.36. The number of esters is 1. The van der Waals surface area contributed by atoms with E-state index in [-0.39, 0.29) is 42.0 Å². The zero-order valence-corrected chi connectivity index (χ0v) is 24.5. The van der Waals surface area contributed by atoms with Crippen molar-refractivity contribution >= 4 is 27.6 Å². The number of benzene rings is 2. The summed E-state index contributed by atoms with van der Waals surface area (Å²) in [6, 6.07) is 12.2. The molecule has 2 aromatic rings. The molecule has 2 rings (SSSR count). The van der Waals surface area contributed by atoms with Gasteiger partial charge in [0.1, 0.15) is 5.82 Å². The van der Waals surface area contributed by atoms with E-state index in [0.717, 1.165) is 17.9 Å². The van der Waals surface area contributed by atoms with E-state index in [0.29, 0.717) is 12.0 Å². The Bertz CT molecular complexity index is 1230. The third kappa shape index (κ3) is 9.74. The fourth-order valence-corrected chi connectivity index (χ4v) is 4.27. The van der Waals surface area contributed by atoms with Gasteiger partial charge >= 0.3 is 5.97 Å². The zero-order valence-electron chi connectivity index (χ0n) is 23.6. The molecule has 9 heteroatoms. The molecule has 2 aromatic carbocycles. The summed E-state index contributed by atoms with van der Waals surface area (Å²) in [5.41, 5.74) is 1.90. The Morgan fingerprint density at radius 1 is 1.00 bits per heavy atom. The van der Waals surface area contributed by atoms with E-state index < -0.39 is 27.2 Å². The molecular weight excluding hydrogens is 507 g/mol. The summed E-state index contributed by atoms with van der Waals surface area (Å²) in [5.74, 6) is -2.25. The SMILES string of the molecule is C[C@H](C(=O)NC[C@H](COC(=O)C(C)(C)C)Cc1ccc(C(C)(C)C)cc1)c1ccc(NS(C)(=O)=O)c(F)c1. The second-order valence-electron chi connectivity index (χ2n) is 11.9. The van der Waals surface area contributed by atoms with Gasteiger partial charge in [-0.25, -0.2) is 12.8 Å². The lowest BCUT2D eigenvalue weighted by molar-refractivity contribution is -0.154. The Hall–Kier alpha value is -2.94. The molecule has 7 nitrogen and oxygen atoms in total. The number of sulfonamides is 1. The van der Waals surface area contributed by atoms with E-state index in [2.05, 4.69) is 55.1 Å². The van der Waals surface area contributed by atoms with Gasteiger partial charge in [-0.3, -0.25) is 14.3 Å². The van der Waals surface area contributed by atoms with Crippen LogP contribution in [0.5, 0.6) is 0 Å². The molecular formula is C29H41FN2O5S. The van der Waals surface area contributed by atoms with Gasteiger partial charge in [0.05, 0.1) is 29.9 Å². The van der Waals surface area contributed by atoms with Crippen molar-refractivity contribution in [2.24, 2.45) is 11.3 Å². The molecule has 0 aliphatic heterocycles. The van der Waals surface area contributed by atoms with Gasteiger partial charge in [0.25, 0.3) is 0 Å². The van der Waals surface area contributed by atoms with Crippen LogP contribution >= 0.6 is 0 Å². The number of ether oxygens (including phenoxy) is 1. The molecule has 2 atom stereocenters. The Morgan fingerprint density at radius 2 is 1.61 bits per heavy atom. The maximum Gasteiger partial charge on any atom is 0.311 e. The quantitative estimate of drug-likeness (QED) is 0.399. The first-order valence-electron chi connectivity index (χ1n) is 12.7. The molecule has 0 aliphatic carbocycles. The fourth-order valence-electron chi connectivity index (χ4n) is 3.71. The van der Waals surface area contributed by atoms with Crippen molar-refractivity contribution in [3.05, 3.63) is 65.0 Å². The van der Waals surface area contributed by atoms with E-state index in [1.165, 1.54) is 17.7 Å². The van der Waals surface area contributed by atoms with E-state index in [4.69, 9.17) is 4.74 Å². The van der Waals surface area contributed by atoms with Gasteiger partial charge in [-0.2, -0.15) is 0 Å². The van der Waals surface area contributed by atoms with Gasteiger partial charge in [-0.15, -0.1) is 0 Å². The van der Waals surface area contributed by atoms with Crippen molar-refractivity contribution in [1.29, 1.82) is 0 Å². The zero-order chi connectivity index (χ0) is 28.9. The highest BCUT2D eigenvalue weighted by Gasteiger charge is 2.25. The van der Waals surface area contributed by atoms with Crippen molar-refractivity contribution < 1.29 is 27.1 Å². The highest BCUT2D eigenvalue weighted by molar-refractivity contribution is 7.92. The van der Waals surface area contributed by atoms with Gasteiger partial charge in [0, 0.05) is 12.5 Å². The second kappa shape index (κ2) is 12.3. The number of hydrogen-bond donors (Lipinski definition) is 2. The van der Waals surface area contributed by atoms with Gasteiger partial charge in [0.15, 0.2) is 0 Å². The predicted octanol–water partition coefficient (Wildman–Crippen LogP) is 5.16. The highest BCUT2D eigenvalue weighted by Crippen LogP contribution is 2.25. The number of carbonyl (C=O) groups excluding carboxylic acids is 2. The molecule has 0 heterocycles. The molecule has 2 N–H and O–H groups in total. The second-order valence-corrected chi connectivity index (χ2v) is 13.7. The van der Waals surface area contributed by atoms with Gasteiger partial charge in [-0.05, 0) is 68.4 Å². The first kappa shape index (κ1) is 31.3. The lowest BCUT2D eigenvalue weighted by Gasteiger charge is -2.23. The van der Waals surface area contributed by atoms with Crippen LogP contribution in [0.15, 0.2) is 42.5 Å². The van der Waals surface area contributed by atoms with Crippen LogP contribution in [0.25, 0.3) is 0 Å². The normalized spacial score (nSPS) is 13.9. The minimum Gasteiger partial charge on any atom is -0.465 e. The molecule has 38 heavy (non-hydrogen) atoms. The maximum atomic E-state index is 14.4. The summed E-state index contributed by atoms with van der Waals surface area (Å²) in [5, 5.41) is 2.91. The van der Waals surface area contributed by atoms with Crippen molar-refractivity contribution in [3.8, 4) is 0 Å². The summed E-state index contributed by atoms with van der Waals surface area (Å²) in [4.78, 5) is 25.3. The summed E-state index contributed by atoms with van der Waals surface area (Å²) < 4.78 is 44.9. The smallest absolute Gasteiger partial charge is 0.311 e. The Labute approximate surface area is 226 Å². The first-order chi connectivity index (χ1) is 17.4. The average molecular weight is 549 g/mol. The van der Waals surface area contributed by atoms with E-state index in [1.54, 1.807) is 27.7 Å². The standard InChI is InChI=1S/C29H41FN2O5S/c1-19(22-11-14-25(24(30)16-22)32-38(8,35)36)26(33)31-17-21(18-37-27(34)29(5,6)7)15-20-9-12-23(13-10-20)28(2,3)4/h9-14,16,19,21,32H,15,17-18H2,1-8H3,(H,31,33)/t19-,21+/m0/s1. The van der Waals surface area contributed by atoms with Crippen molar-refractivity contribution in [2.75, 3.05) is 24.1 Å². The molecule has 1 amide bonds. The van der Waals surface area contributed by atoms with Crippen LogP contribution in [0.4, 0.5) is 10.1 Å². The Balaban J connectivity index is 2.12. The minimum absolute atomic E-state index is 0.0306. The van der Waals surface area contributed by atoms with Gasteiger partial charge < -0.3 is 10.1 Å². The van der Waals surface area contributed by atoms with Crippen LogP contribution in [-0.4, -0.2) is 39.7 Å². The third-order valence-corrected chi connectivity index (χ3v) is 6.74. The van der Waals surface area contributed by atoms with Crippen LogP contribution in [-0.2, 0) is 36.2 Å². The molecule has 0 unspecified atom stereocenters. The maximum absolute atomic E-state index is 14.4. The molecule has 210 valence electrons. The van der Waals surface area contributed by atoms with Crippen molar-refractivity contribution in [1.82, 2.24) is 5.32 Å². The van der Waals surface area contributed by atoms with Crippen LogP contribution < -0.4 is 10.0 Å². The molecule has 0 spiro atoms. The molecule has 0 bridgehead atoms. The molecule has 0 aliphatic rings. The number of rotatable bonds is 10. The first-order valence-corrected chi connectivity index (χ1v) is 14.6. The predicted molar refractivity (Wildman–Crippen MR) is 149 cm³/mol. The van der Waals surface area contributed by atoms with Crippen LogP contribution in [0, 0.1) is 17.2 Å². The summed E-state index contributed by atoms with van der Waals surface area (Å²) in [6.45, 7) is 13.9. The fraction of sp³-hybridized carbons (Fsp3) is 0.517. The lowest BCUT2D eigenvalue weighted by atomic mass is 9.86.